The van der Waals surface area contributed by atoms with Crippen molar-refractivity contribution in [2.45, 2.75) is 123 Å². The Labute approximate surface area is 287 Å². The van der Waals surface area contributed by atoms with Crippen LogP contribution < -0.4 is 49.5 Å². The lowest BCUT2D eigenvalue weighted by Gasteiger charge is -2.29. The second-order valence-corrected chi connectivity index (χ2v) is 13.0. The molecule has 0 aromatic heterocycles. The predicted octanol–water partition coefficient (Wildman–Crippen LogP) is -2.55. The van der Waals surface area contributed by atoms with Crippen LogP contribution in [-0.2, 0) is 38.4 Å². The Kier molecular flexibility index (Phi) is 20.4. The molecular formula is C31H57N9O9. The minimum atomic E-state index is -1.39. The first-order chi connectivity index (χ1) is 22.7. The highest BCUT2D eigenvalue weighted by Crippen LogP contribution is 2.10. The quantitative estimate of drug-likeness (QED) is 0.0468. The lowest BCUT2D eigenvalue weighted by Crippen LogP contribution is -2.61. The molecule has 0 aliphatic carbocycles. The molecule has 0 aromatic carbocycles. The third-order valence-electron chi connectivity index (χ3n) is 7.71. The van der Waals surface area contributed by atoms with Crippen molar-refractivity contribution < 1.29 is 43.5 Å². The van der Waals surface area contributed by atoms with Crippen LogP contribution in [0.2, 0.25) is 0 Å². The van der Waals surface area contributed by atoms with Crippen molar-refractivity contribution >= 4 is 47.3 Å². The molecule has 280 valence electrons. The van der Waals surface area contributed by atoms with E-state index in [1.54, 1.807) is 41.5 Å². The lowest BCUT2D eigenvalue weighted by atomic mass is 9.99. The third kappa shape index (κ3) is 17.1. The smallest absolute Gasteiger partial charge is 0.303 e. The fraction of sp³-hybridized carbons (Fsp3) is 0.742. The summed E-state index contributed by atoms with van der Waals surface area (Å²) in [6, 6.07) is -7.19. The summed E-state index contributed by atoms with van der Waals surface area (Å²) in [6.45, 7) is 10.3. The fourth-order valence-corrected chi connectivity index (χ4v) is 4.54. The molecule has 14 N–H and O–H groups in total. The number of carboxylic acid groups (broad SMARTS) is 1. The largest absolute Gasteiger partial charge is 0.481 e. The summed E-state index contributed by atoms with van der Waals surface area (Å²) in [5, 5.41) is 21.7. The number of unbranched alkanes of at least 4 members (excludes halogenated alkanes) is 1. The second kappa shape index (κ2) is 22.3. The average Bonchev–Trinajstić information content (AvgIpc) is 3.00. The minimum Gasteiger partial charge on any atom is -0.481 e. The molecule has 0 bridgehead atoms. The third-order valence-corrected chi connectivity index (χ3v) is 7.71. The first kappa shape index (κ1) is 44.7. The molecule has 0 unspecified atom stereocenters. The van der Waals surface area contributed by atoms with Gasteiger partial charge in [0.2, 0.25) is 41.4 Å². The van der Waals surface area contributed by atoms with Crippen molar-refractivity contribution in [3.8, 4) is 0 Å². The van der Waals surface area contributed by atoms with Gasteiger partial charge >= 0.3 is 5.97 Å². The summed E-state index contributed by atoms with van der Waals surface area (Å²) in [4.78, 5) is 101. The van der Waals surface area contributed by atoms with E-state index >= 15 is 0 Å². The number of amides is 7. The van der Waals surface area contributed by atoms with Crippen molar-refractivity contribution in [1.29, 1.82) is 0 Å². The van der Waals surface area contributed by atoms with Crippen LogP contribution in [0.3, 0.4) is 0 Å². The maximum Gasteiger partial charge on any atom is 0.303 e. The second-order valence-electron chi connectivity index (χ2n) is 13.0. The summed E-state index contributed by atoms with van der Waals surface area (Å²) < 4.78 is 0. The van der Waals surface area contributed by atoms with Crippen molar-refractivity contribution in [3.05, 3.63) is 0 Å². The van der Waals surface area contributed by atoms with Crippen LogP contribution in [0.15, 0.2) is 0 Å². The zero-order valence-corrected chi connectivity index (χ0v) is 29.4. The summed E-state index contributed by atoms with van der Waals surface area (Å²) in [5.74, 6) is -8.01. The van der Waals surface area contributed by atoms with E-state index in [2.05, 4.69) is 26.6 Å². The van der Waals surface area contributed by atoms with Gasteiger partial charge in [-0.15, -0.1) is 0 Å². The molecule has 0 fully saturated rings. The van der Waals surface area contributed by atoms with Gasteiger partial charge in [-0.05, 0) is 56.4 Å². The van der Waals surface area contributed by atoms with Crippen molar-refractivity contribution in [2.75, 3.05) is 6.54 Å². The molecule has 0 saturated heterocycles. The highest BCUT2D eigenvalue weighted by Gasteiger charge is 2.35. The molecule has 0 aliphatic heterocycles. The van der Waals surface area contributed by atoms with Gasteiger partial charge in [-0.2, -0.15) is 0 Å². The maximum absolute atomic E-state index is 13.5. The van der Waals surface area contributed by atoms with Gasteiger partial charge in [0, 0.05) is 12.8 Å². The summed E-state index contributed by atoms with van der Waals surface area (Å²) in [7, 11) is 0. The Balaban J connectivity index is 6.08. The van der Waals surface area contributed by atoms with E-state index in [1.807, 2.05) is 0 Å². The normalized spacial score (nSPS) is 14.9. The van der Waals surface area contributed by atoms with Crippen LogP contribution in [0.4, 0.5) is 0 Å². The number of hydrogen-bond acceptors (Lipinski definition) is 10. The zero-order valence-electron chi connectivity index (χ0n) is 29.4. The van der Waals surface area contributed by atoms with Crippen LogP contribution in [0.1, 0.15) is 86.5 Å². The molecule has 18 nitrogen and oxygen atoms in total. The fourth-order valence-electron chi connectivity index (χ4n) is 4.54. The van der Waals surface area contributed by atoms with Gasteiger partial charge in [0.05, 0.1) is 6.04 Å². The molecule has 0 spiro atoms. The molecule has 6 atom stereocenters. The van der Waals surface area contributed by atoms with E-state index in [-0.39, 0.29) is 31.6 Å². The van der Waals surface area contributed by atoms with E-state index < -0.39 is 102 Å². The molecular weight excluding hydrogens is 642 g/mol. The molecule has 49 heavy (non-hydrogen) atoms. The standard InChI is InChI=1S/C31H57N9O9/c1-15(2)23(34)29(47)37-20(11-13-22(42)43)28(46)40-25(17(5)6)31(49)38-19(10-12-21(33)41)27(45)39-24(16(3)4)30(48)36-18(26(35)44)9-7-8-14-32/h15-20,23-25H,7-14,32,34H2,1-6H3,(H2,33,41)(H2,35,44)(H,36,48)(H,37,47)(H,38,49)(H,39,45)(H,40,46)(H,42,43)/t18-,19-,20-,23-,24-,25-/m0/s1. The molecule has 0 rings (SSSR count). The van der Waals surface area contributed by atoms with Gasteiger partial charge in [0.1, 0.15) is 30.2 Å². The number of rotatable bonds is 24. The molecule has 0 saturated carbocycles. The summed E-state index contributed by atoms with van der Waals surface area (Å²) in [6.07, 6.45) is 0.0220. The Morgan fingerprint density at radius 1 is 0.551 bits per heavy atom. The summed E-state index contributed by atoms with van der Waals surface area (Å²) >= 11 is 0. The van der Waals surface area contributed by atoms with Crippen molar-refractivity contribution in [2.24, 2.45) is 40.7 Å². The molecule has 18 heteroatoms. The number of hydrogen-bond donors (Lipinski definition) is 10. The average molecular weight is 700 g/mol. The number of carbonyl (C=O) groups excluding carboxylic acids is 7. The lowest BCUT2D eigenvalue weighted by molar-refractivity contribution is -0.138. The van der Waals surface area contributed by atoms with Crippen LogP contribution in [0, 0.1) is 17.8 Å². The molecule has 7 amide bonds. The van der Waals surface area contributed by atoms with Crippen LogP contribution in [0.25, 0.3) is 0 Å². The molecule has 0 aromatic rings. The van der Waals surface area contributed by atoms with E-state index in [1.165, 1.54) is 0 Å². The zero-order chi connectivity index (χ0) is 38.0. The van der Waals surface area contributed by atoms with Gasteiger partial charge in [0.15, 0.2) is 0 Å². The van der Waals surface area contributed by atoms with Crippen LogP contribution in [-0.4, -0.2) is 95.2 Å². The SMILES string of the molecule is CC(C)[C@H](N)C(=O)N[C@@H](CCC(=O)O)C(=O)N[C@H](C(=O)N[C@@H](CCC(N)=O)C(=O)N[C@H](C(=O)N[C@@H](CCCCN)C(N)=O)C(C)C)C(C)C. The molecule has 0 radical (unpaired) electrons. The number of aliphatic carboxylic acids is 1. The van der Waals surface area contributed by atoms with E-state index in [4.69, 9.17) is 28.0 Å². The first-order valence-corrected chi connectivity index (χ1v) is 16.5. The topological polar surface area (TPSA) is 321 Å². The van der Waals surface area contributed by atoms with Gasteiger partial charge in [-0.25, -0.2) is 0 Å². The van der Waals surface area contributed by atoms with E-state index in [0.717, 1.165) is 0 Å². The Morgan fingerprint density at radius 3 is 1.35 bits per heavy atom. The number of carboxylic acids is 1. The number of primary amides is 2. The Hall–Kier alpha value is -4.32. The highest BCUT2D eigenvalue weighted by atomic mass is 16.4. The summed E-state index contributed by atoms with van der Waals surface area (Å²) in [5.41, 5.74) is 22.1. The van der Waals surface area contributed by atoms with E-state index in [0.29, 0.717) is 19.4 Å². The minimum absolute atomic E-state index is 0.238. The monoisotopic (exact) mass is 699 g/mol. The van der Waals surface area contributed by atoms with E-state index in [9.17, 15) is 38.4 Å². The highest BCUT2D eigenvalue weighted by molar-refractivity contribution is 5.97. The predicted molar refractivity (Wildman–Crippen MR) is 180 cm³/mol. The van der Waals surface area contributed by atoms with Crippen LogP contribution >= 0.6 is 0 Å². The molecule has 0 aliphatic rings. The Bertz CT molecular complexity index is 1160. The number of nitrogens with one attached hydrogen (secondary N) is 5. The van der Waals surface area contributed by atoms with Gasteiger partial charge in [0.25, 0.3) is 0 Å². The first-order valence-electron chi connectivity index (χ1n) is 16.5. The van der Waals surface area contributed by atoms with Gasteiger partial charge in [-0.1, -0.05) is 41.5 Å². The van der Waals surface area contributed by atoms with Crippen molar-refractivity contribution in [1.82, 2.24) is 26.6 Å². The van der Waals surface area contributed by atoms with Gasteiger partial charge < -0.3 is 54.6 Å². The number of nitrogens with two attached hydrogens (primary N) is 4. The molecule has 0 heterocycles. The number of carbonyl (C=O) groups is 8. The maximum atomic E-state index is 13.5. The van der Waals surface area contributed by atoms with Gasteiger partial charge in [-0.3, -0.25) is 38.4 Å². The van der Waals surface area contributed by atoms with Crippen molar-refractivity contribution in [3.63, 3.8) is 0 Å². The Morgan fingerprint density at radius 2 is 0.980 bits per heavy atom. The van der Waals surface area contributed by atoms with Crippen LogP contribution in [0.5, 0.6) is 0 Å².